The monoisotopic (exact) mass is 457 g/mol. The van der Waals surface area contributed by atoms with Crippen LogP contribution < -0.4 is 4.90 Å². The van der Waals surface area contributed by atoms with Gasteiger partial charge < -0.3 is 4.90 Å². The lowest BCUT2D eigenvalue weighted by Crippen LogP contribution is -2.47. The molecule has 1 aromatic rings. The van der Waals surface area contributed by atoms with Gasteiger partial charge in [0.1, 0.15) is 0 Å². The van der Waals surface area contributed by atoms with E-state index >= 15 is 0 Å². The zero-order valence-electron chi connectivity index (χ0n) is 17.8. The summed E-state index contributed by atoms with van der Waals surface area (Å²) in [5, 5.41) is 1.55. The molecular weight excluding hydrogens is 425 g/mol. The Hall–Kier alpha value is -0.450. The first kappa shape index (κ1) is 23.2. The molecule has 0 amide bonds. The SMILES string of the molecule is CC/C=C(\C)CN1CCC(CCN2CCN(c3ccc(Cl)c(Cl)c3Cl)CC2)CC1. The third-order valence-electron chi connectivity index (χ3n) is 6.31. The summed E-state index contributed by atoms with van der Waals surface area (Å²) >= 11 is 18.7. The van der Waals surface area contributed by atoms with E-state index in [1.165, 1.54) is 44.5 Å². The van der Waals surface area contributed by atoms with Gasteiger partial charge in [-0.15, -0.1) is 0 Å². The van der Waals surface area contributed by atoms with Crippen molar-refractivity contribution in [3.63, 3.8) is 0 Å². The van der Waals surface area contributed by atoms with Crippen LogP contribution >= 0.6 is 34.8 Å². The second-order valence-electron chi connectivity index (χ2n) is 8.49. The molecule has 6 heteroatoms. The lowest BCUT2D eigenvalue weighted by Gasteiger charge is -2.38. The molecule has 0 bridgehead atoms. The number of nitrogens with zero attached hydrogens (tertiary/aromatic N) is 3. The van der Waals surface area contributed by atoms with Crippen molar-refractivity contribution in [2.24, 2.45) is 5.92 Å². The van der Waals surface area contributed by atoms with Gasteiger partial charge in [0, 0.05) is 32.7 Å². The highest BCUT2D eigenvalue weighted by Gasteiger charge is 2.23. The van der Waals surface area contributed by atoms with Gasteiger partial charge in [0.25, 0.3) is 0 Å². The van der Waals surface area contributed by atoms with Gasteiger partial charge in [-0.05, 0) is 70.3 Å². The average Bonchev–Trinajstić information content (AvgIpc) is 2.72. The lowest BCUT2D eigenvalue weighted by molar-refractivity contribution is 0.169. The van der Waals surface area contributed by atoms with Gasteiger partial charge in [-0.25, -0.2) is 0 Å². The maximum atomic E-state index is 6.41. The van der Waals surface area contributed by atoms with E-state index in [2.05, 4.69) is 34.6 Å². The van der Waals surface area contributed by atoms with Gasteiger partial charge in [-0.2, -0.15) is 0 Å². The van der Waals surface area contributed by atoms with Crippen molar-refractivity contribution in [2.45, 2.75) is 39.5 Å². The third kappa shape index (κ3) is 6.51. The van der Waals surface area contributed by atoms with E-state index in [1.54, 1.807) is 0 Å². The Morgan fingerprint density at radius 3 is 2.31 bits per heavy atom. The molecule has 0 radical (unpaired) electrons. The molecule has 0 spiro atoms. The molecule has 2 aliphatic rings. The van der Waals surface area contributed by atoms with Crippen LogP contribution in [0.1, 0.15) is 39.5 Å². The van der Waals surface area contributed by atoms with Crippen molar-refractivity contribution in [1.29, 1.82) is 0 Å². The Morgan fingerprint density at radius 2 is 1.66 bits per heavy atom. The number of rotatable bonds is 7. The highest BCUT2D eigenvalue weighted by Crippen LogP contribution is 2.37. The van der Waals surface area contributed by atoms with E-state index in [9.17, 15) is 0 Å². The first-order valence-electron chi connectivity index (χ1n) is 11.0. The van der Waals surface area contributed by atoms with Crippen molar-refractivity contribution in [3.8, 4) is 0 Å². The van der Waals surface area contributed by atoms with E-state index in [0.717, 1.165) is 50.7 Å². The summed E-state index contributed by atoms with van der Waals surface area (Å²) in [7, 11) is 0. The first-order chi connectivity index (χ1) is 14.0. The quantitative estimate of drug-likeness (QED) is 0.354. The van der Waals surface area contributed by atoms with Crippen LogP contribution in [-0.2, 0) is 0 Å². The van der Waals surface area contributed by atoms with E-state index in [4.69, 9.17) is 34.8 Å². The smallest absolute Gasteiger partial charge is 0.0840 e. The Morgan fingerprint density at radius 1 is 0.966 bits per heavy atom. The molecule has 2 saturated heterocycles. The fourth-order valence-corrected chi connectivity index (χ4v) is 5.19. The highest BCUT2D eigenvalue weighted by molar-refractivity contribution is 6.49. The fourth-order valence-electron chi connectivity index (χ4n) is 4.54. The minimum absolute atomic E-state index is 0.458. The molecule has 162 valence electrons. The molecule has 2 aliphatic heterocycles. The zero-order valence-corrected chi connectivity index (χ0v) is 20.0. The highest BCUT2D eigenvalue weighted by atomic mass is 35.5. The summed E-state index contributed by atoms with van der Waals surface area (Å²) in [4.78, 5) is 7.55. The van der Waals surface area contributed by atoms with Crippen LogP contribution in [0.15, 0.2) is 23.8 Å². The van der Waals surface area contributed by atoms with E-state index < -0.39 is 0 Å². The van der Waals surface area contributed by atoms with Gasteiger partial charge in [0.05, 0.1) is 20.8 Å². The van der Waals surface area contributed by atoms with Crippen LogP contribution in [0.25, 0.3) is 0 Å². The van der Waals surface area contributed by atoms with E-state index in [-0.39, 0.29) is 0 Å². The Balaban J connectivity index is 1.38. The predicted octanol–water partition coefficient (Wildman–Crippen LogP) is 6.23. The largest absolute Gasteiger partial charge is 0.368 e. The molecule has 29 heavy (non-hydrogen) atoms. The van der Waals surface area contributed by atoms with Gasteiger partial charge in [-0.3, -0.25) is 9.80 Å². The van der Waals surface area contributed by atoms with Gasteiger partial charge in [0.2, 0.25) is 0 Å². The molecule has 0 N–H and O–H groups in total. The number of allylic oxidation sites excluding steroid dienone is 1. The molecule has 0 aliphatic carbocycles. The van der Waals surface area contributed by atoms with Crippen LogP contribution in [0.3, 0.4) is 0 Å². The number of likely N-dealkylation sites (tertiary alicyclic amines) is 1. The van der Waals surface area contributed by atoms with Crippen molar-refractivity contribution < 1.29 is 0 Å². The Kier molecular flexibility index (Phi) is 9.01. The summed E-state index contributed by atoms with van der Waals surface area (Å²) < 4.78 is 0. The molecule has 0 atom stereocenters. The first-order valence-corrected chi connectivity index (χ1v) is 12.1. The Labute approximate surface area is 191 Å². The standard InChI is InChI=1S/C23H34Cl3N3/c1-3-4-18(2)17-28-11-8-19(9-12-28)7-10-27-13-15-29(16-14-27)21-6-5-20(24)22(25)23(21)26/h4-6,19H,3,7-17H2,1-2H3/b18-4+. The molecule has 3 rings (SSSR count). The van der Waals surface area contributed by atoms with Gasteiger partial charge in [0.15, 0.2) is 0 Å². The molecule has 0 saturated carbocycles. The second-order valence-corrected chi connectivity index (χ2v) is 9.65. The van der Waals surface area contributed by atoms with Gasteiger partial charge in [-0.1, -0.05) is 53.4 Å². The summed E-state index contributed by atoms with van der Waals surface area (Å²) in [5.74, 6) is 0.879. The summed E-state index contributed by atoms with van der Waals surface area (Å²) in [6.07, 6.45) is 7.52. The van der Waals surface area contributed by atoms with Gasteiger partial charge >= 0.3 is 0 Å². The minimum Gasteiger partial charge on any atom is -0.368 e. The Bertz CT molecular complexity index is 691. The molecule has 2 fully saturated rings. The molecule has 1 aromatic carbocycles. The maximum Gasteiger partial charge on any atom is 0.0840 e. The van der Waals surface area contributed by atoms with Crippen molar-refractivity contribution in [3.05, 3.63) is 38.8 Å². The molecule has 0 unspecified atom stereocenters. The molecule has 3 nitrogen and oxygen atoms in total. The number of piperazine rings is 1. The maximum absolute atomic E-state index is 6.41. The number of halogens is 3. The van der Waals surface area contributed by atoms with E-state index in [0.29, 0.717) is 15.1 Å². The number of piperidine rings is 1. The summed E-state index contributed by atoms with van der Waals surface area (Å²) in [6, 6.07) is 3.82. The lowest BCUT2D eigenvalue weighted by atomic mass is 9.93. The summed E-state index contributed by atoms with van der Waals surface area (Å²) in [5.41, 5.74) is 2.52. The van der Waals surface area contributed by atoms with Crippen molar-refractivity contribution in [1.82, 2.24) is 9.80 Å². The number of benzene rings is 1. The fraction of sp³-hybridized carbons (Fsp3) is 0.652. The van der Waals surface area contributed by atoms with E-state index in [1.807, 2.05) is 12.1 Å². The molecule has 2 heterocycles. The van der Waals surface area contributed by atoms with Crippen molar-refractivity contribution in [2.75, 3.05) is 57.3 Å². The third-order valence-corrected chi connectivity index (χ3v) is 7.60. The van der Waals surface area contributed by atoms with Crippen LogP contribution in [0.2, 0.25) is 15.1 Å². The summed E-state index contributed by atoms with van der Waals surface area (Å²) in [6.45, 7) is 13.5. The van der Waals surface area contributed by atoms with Crippen LogP contribution in [-0.4, -0.2) is 62.2 Å². The number of anilines is 1. The average molecular weight is 459 g/mol. The van der Waals surface area contributed by atoms with Crippen LogP contribution in [0.5, 0.6) is 0 Å². The molecule has 0 aromatic heterocycles. The van der Waals surface area contributed by atoms with Crippen LogP contribution in [0, 0.1) is 5.92 Å². The zero-order chi connectivity index (χ0) is 20.8. The normalized spacial score (nSPS) is 20.4. The second kappa shape index (κ2) is 11.2. The van der Waals surface area contributed by atoms with Crippen molar-refractivity contribution >= 4 is 40.5 Å². The predicted molar refractivity (Wildman–Crippen MR) is 128 cm³/mol. The minimum atomic E-state index is 0.458. The van der Waals surface area contributed by atoms with Crippen LogP contribution in [0.4, 0.5) is 5.69 Å². The number of hydrogen-bond donors (Lipinski definition) is 0. The number of hydrogen-bond acceptors (Lipinski definition) is 3. The molecular formula is C23H34Cl3N3. The topological polar surface area (TPSA) is 9.72 Å².